The summed E-state index contributed by atoms with van der Waals surface area (Å²) in [6, 6.07) is 9.65. The Morgan fingerprint density at radius 2 is 1.95 bits per heavy atom. The van der Waals surface area contributed by atoms with Crippen molar-refractivity contribution in [2.24, 2.45) is 0 Å². The van der Waals surface area contributed by atoms with Crippen LogP contribution >= 0.6 is 11.8 Å². The SMILES string of the molecule is Cc1ccnc(Sc2ccc(N)c3ncccc23)n1. The van der Waals surface area contributed by atoms with Crippen molar-refractivity contribution < 1.29 is 0 Å². The Labute approximate surface area is 115 Å². The highest BCUT2D eigenvalue weighted by molar-refractivity contribution is 7.99. The second-order valence-electron chi connectivity index (χ2n) is 4.14. The first kappa shape index (κ1) is 11.9. The molecule has 2 heterocycles. The molecule has 0 amide bonds. The first-order valence-corrected chi connectivity index (χ1v) is 6.66. The average molecular weight is 268 g/mol. The molecule has 0 unspecified atom stereocenters. The van der Waals surface area contributed by atoms with Gasteiger partial charge in [0.15, 0.2) is 5.16 Å². The van der Waals surface area contributed by atoms with Crippen LogP contribution in [-0.2, 0) is 0 Å². The number of pyridine rings is 1. The summed E-state index contributed by atoms with van der Waals surface area (Å²) in [6.45, 7) is 1.95. The van der Waals surface area contributed by atoms with Crippen LogP contribution < -0.4 is 5.73 Å². The fraction of sp³-hybridized carbons (Fsp3) is 0.0714. The fourth-order valence-corrected chi connectivity index (χ4v) is 2.74. The van der Waals surface area contributed by atoms with E-state index in [-0.39, 0.29) is 0 Å². The summed E-state index contributed by atoms with van der Waals surface area (Å²) in [7, 11) is 0. The molecule has 4 nitrogen and oxygen atoms in total. The number of hydrogen-bond donors (Lipinski definition) is 1. The lowest BCUT2D eigenvalue weighted by molar-refractivity contribution is 0.933. The summed E-state index contributed by atoms with van der Waals surface area (Å²) in [5.41, 5.74) is 8.40. The van der Waals surface area contributed by atoms with E-state index in [2.05, 4.69) is 15.0 Å². The summed E-state index contributed by atoms with van der Waals surface area (Å²) >= 11 is 1.52. The molecule has 0 saturated heterocycles. The van der Waals surface area contributed by atoms with Crippen molar-refractivity contribution in [2.75, 3.05) is 5.73 Å². The molecular weight excluding hydrogens is 256 g/mol. The number of nitrogens with two attached hydrogens (primary N) is 1. The van der Waals surface area contributed by atoms with Gasteiger partial charge in [0, 0.05) is 28.4 Å². The zero-order valence-corrected chi connectivity index (χ0v) is 11.2. The van der Waals surface area contributed by atoms with Gasteiger partial charge < -0.3 is 5.73 Å². The van der Waals surface area contributed by atoms with E-state index < -0.39 is 0 Å². The first-order valence-electron chi connectivity index (χ1n) is 5.85. The third-order valence-electron chi connectivity index (χ3n) is 2.73. The number of nitrogens with zero attached hydrogens (tertiary/aromatic N) is 3. The summed E-state index contributed by atoms with van der Waals surface area (Å²) in [6.07, 6.45) is 3.51. The molecule has 0 radical (unpaired) electrons. The average Bonchev–Trinajstić information content (AvgIpc) is 2.42. The third kappa shape index (κ3) is 2.37. The molecule has 19 heavy (non-hydrogen) atoms. The monoisotopic (exact) mass is 268 g/mol. The van der Waals surface area contributed by atoms with Crippen LogP contribution in [0.25, 0.3) is 10.9 Å². The smallest absolute Gasteiger partial charge is 0.192 e. The molecule has 1 aromatic carbocycles. The molecule has 0 atom stereocenters. The van der Waals surface area contributed by atoms with Crippen LogP contribution in [0.5, 0.6) is 0 Å². The maximum absolute atomic E-state index is 5.94. The lowest BCUT2D eigenvalue weighted by Gasteiger charge is -2.07. The van der Waals surface area contributed by atoms with Gasteiger partial charge >= 0.3 is 0 Å². The molecule has 0 aliphatic heterocycles. The molecule has 5 heteroatoms. The lowest BCUT2D eigenvalue weighted by atomic mass is 10.2. The van der Waals surface area contributed by atoms with Gasteiger partial charge in [-0.05, 0) is 43.0 Å². The molecule has 2 N–H and O–H groups in total. The van der Waals surface area contributed by atoms with E-state index in [1.54, 1.807) is 12.4 Å². The Kier molecular flexibility index (Phi) is 3.05. The Morgan fingerprint density at radius 3 is 2.79 bits per heavy atom. The van der Waals surface area contributed by atoms with Crippen molar-refractivity contribution in [3.63, 3.8) is 0 Å². The van der Waals surface area contributed by atoms with Gasteiger partial charge in [0.2, 0.25) is 0 Å². The van der Waals surface area contributed by atoms with Crippen LogP contribution in [0.2, 0.25) is 0 Å². The number of anilines is 1. The number of fused-ring (bicyclic) bond motifs is 1. The highest BCUT2D eigenvalue weighted by Gasteiger charge is 2.08. The highest BCUT2D eigenvalue weighted by Crippen LogP contribution is 2.33. The standard InChI is InChI=1S/C14H12N4S/c1-9-6-8-17-14(18-9)19-12-5-4-11(15)13-10(12)3-2-7-16-13/h2-8H,15H2,1H3. The van der Waals surface area contributed by atoms with E-state index >= 15 is 0 Å². The predicted molar refractivity (Wildman–Crippen MR) is 77.0 cm³/mol. The minimum atomic E-state index is 0.685. The molecule has 3 rings (SSSR count). The number of hydrogen-bond acceptors (Lipinski definition) is 5. The maximum atomic E-state index is 5.94. The van der Waals surface area contributed by atoms with Crippen LogP contribution in [0, 0.1) is 6.92 Å². The third-order valence-corrected chi connectivity index (χ3v) is 3.69. The van der Waals surface area contributed by atoms with Gasteiger partial charge in [0.25, 0.3) is 0 Å². The van der Waals surface area contributed by atoms with Crippen LogP contribution in [0.1, 0.15) is 5.69 Å². The van der Waals surface area contributed by atoms with E-state index in [0.29, 0.717) is 5.69 Å². The van der Waals surface area contributed by atoms with E-state index in [9.17, 15) is 0 Å². The second-order valence-corrected chi connectivity index (χ2v) is 5.14. The number of nitrogen functional groups attached to an aromatic ring is 1. The topological polar surface area (TPSA) is 64.7 Å². The van der Waals surface area contributed by atoms with Crippen LogP contribution in [-0.4, -0.2) is 15.0 Å². The van der Waals surface area contributed by atoms with Crippen LogP contribution in [0.15, 0.2) is 52.8 Å². The quantitative estimate of drug-likeness (QED) is 0.571. The molecular formula is C14H12N4S. The second kappa shape index (κ2) is 4.85. The largest absolute Gasteiger partial charge is 0.397 e. The van der Waals surface area contributed by atoms with Gasteiger partial charge in [-0.1, -0.05) is 6.07 Å². The summed E-state index contributed by atoms with van der Waals surface area (Å²) in [4.78, 5) is 14.0. The number of rotatable bonds is 2. The molecule has 2 aromatic heterocycles. The number of aromatic nitrogens is 3. The normalized spacial score (nSPS) is 10.8. The molecule has 0 aliphatic carbocycles. The van der Waals surface area contributed by atoms with Crippen LogP contribution in [0.4, 0.5) is 5.69 Å². The predicted octanol–water partition coefficient (Wildman–Crippen LogP) is 3.07. The van der Waals surface area contributed by atoms with Crippen molar-refractivity contribution in [1.82, 2.24) is 15.0 Å². The molecule has 0 aliphatic rings. The van der Waals surface area contributed by atoms with Crippen molar-refractivity contribution in [2.45, 2.75) is 17.0 Å². The van der Waals surface area contributed by atoms with Crippen molar-refractivity contribution in [3.8, 4) is 0 Å². The summed E-state index contributed by atoms with van der Waals surface area (Å²) < 4.78 is 0. The van der Waals surface area contributed by atoms with Gasteiger partial charge in [-0.3, -0.25) is 4.98 Å². The molecule has 0 bridgehead atoms. The first-order chi connectivity index (χ1) is 9.24. The van der Waals surface area contributed by atoms with Gasteiger partial charge in [0.1, 0.15) is 0 Å². The van der Waals surface area contributed by atoms with E-state index in [1.807, 2.05) is 37.3 Å². The molecule has 0 saturated carbocycles. The van der Waals surface area contributed by atoms with Crippen molar-refractivity contribution in [3.05, 3.63) is 48.4 Å². The Hall–Kier alpha value is -2.14. The van der Waals surface area contributed by atoms with Gasteiger partial charge in [-0.2, -0.15) is 0 Å². The minimum absolute atomic E-state index is 0.685. The summed E-state index contributed by atoms with van der Waals surface area (Å²) in [5, 5.41) is 1.76. The lowest BCUT2D eigenvalue weighted by Crippen LogP contribution is -1.92. The Morgan fingerprint density at radius 1 is 1.05 bits per heavy atom. The molecule has 3 aromatic rings. The van der Waals surface area contributed by atoms with Crippen LogP contribution in [0.3, 0.4) is 0 Å². The molecule has 0 spiro atoms. The van der Waals surface area contributed by atoms with Crippen molar-refractivity contribution >= 4 is 28.4 Å². The summed E-state index contributed by atoms with van der Waals surface area (Å²) in [5.74, 6) is 0. The Balaban J connectivity index is 2.09. The van der Waals surface area contributed by atoms with Crippen molar-refractivity contribution in [1.29, 1.82) is 0 Å². The number of benzene rings is 1. The number of aryl methyl sites for hydroxylation is 1. The highest BCUT2D eigenvalue weighted by atomic mass is 32.2. The molecule has 94 valence electrons. The van der Waals surface area contributed by atoms with Gasteiger partial charge in [-0.25, -0.2) is 9.97 Å². The van der Waals surface area contributed by atoms with Gasteiger partial charge in [-0.15, -0.1) is 0 Å². The zero-order chi connectivity index (χ0) is 13.2. The zero-order valence-electron chi connectivity index (χ0n) is 10.4. The van der Waals surface area contributed by atoms with E-state index in [1.165, 1.54) is 11.8 Å². The maximum Gasteiger partial charge on any atom is 0.192 e. The fourth-order valence-electron chi connectivity index (χ4n) is 1.83. The van der Waals surface area contributed by atoms with E-state index in [4.69, 9.17) is 5.73 Å². The van der Waals surface area contributed by atoms with E-state index in [0.717, 1.165) is 26.6 Å². The van der Waals surface area contributed by atoms with Gasteiger partial charge in [0.05, 0.1) is 11.2 Å². The Bertz CT molecular complexity index is 742. The molecule has 0 fully saturated rings. The minimum Gasteiger partial charge on any atom is -0.397 e.